The van der Waals surface area contributed by atoms with Gasteiger partial charge in [0.15, 0.2) is 6.10 Å². The summed E-state index contributed by atoms with van der Waals surface area (Å²) in [5, 5.41) is 0. The van der Waals surface area contributed by atoms with Gasteiger partial charge in [0, 0.05) is 12.8 Å². The lowest BCUT2D eigenvalue weighted by Crippen LogP contribution is -2.37. The second kappa shape index (κ2) is 86.2. The van der Waals surface area contributed by atoms with Crippen LogP contribution in [0.25, 0.3) is 0 Å². The number of esters is 2. The van der Waals surface area contributed by atoms with Gasteiger partial charge < -0.3 is 27.9 Å². The number of hydrogen-bond donors (Lipinski definition) is 0. The third-order valence-corrected chi connectivity index (χ3v) is 21.9. The Hall–Kier alpha value is -2.81. The van der Waals surface area contributed by atoms with E-state index < -0.39 is 26.5 Å². The molecular formula is C96H178NO8P. The zero-order valence-corrected chi connectivity index (χ0v) is 72.0. The van der Waals surface area contributed by atoms with Gasteiger partial charge in [0.05, 0.1) is 27.7 Å². The minimum Gasteiger partial charge on any atom is -0.756 e. The molecule has 10 heteroatoms. The van der Waals surface area contributed by atoms with Crippen molar-refractivity contribution in [2.75, 3.05) is 47.5 Å². The lowest BCUT2D eigenvalue weighted by atomic mass is 10.0. The highest BCUT2D eigenvalue weighted by Gasteiger charge is 2.22. The number of phosphoric acid groups is 1. The molecular weight excluding hydrogens is 1330 g/mol. The first-order valence-electron chi connectivity index (χ1n) is 46.3. The van der Waals surface area contributed by atoms with Gasteiger partial charge in [-0.3, -0.25) is 14.2 Å². The Kier molecular flexibility index (Phi) is 83.9. The van der Waals surface area contributed by atoms with Crippen LogP contribution < -0.4 is 4.89 Å². The molecule has 0 aromatic rings. The molecule has 0 saturated heterocycles. The van der Waals surface area contributed by atoms with Gasteiger partial charge in [0.1, 0.15) is 19.8 Å². The van der Waals surface area contributed by atoms with E-state index in [2.05, 4.69) is 98.9 Å². The number of allylic oxidation sites excluding steroid dienone is 14. The summed E-state index contributed by atoms with van der Waals surface area (Å²) in [4.78, 5) is 38.3. The monoisotopic (exact) mass is 1500 g/mol. The first-order valence-corrected chi connectivity index (χ1v) is 47.8. The highest BCUT2D eigenvalue weighted by Crippen LogP contribution is 2.38. The van der Waals surface area contributed by atoms with E-state index in [0.29, 0.717) is 17.4 Å². The number of unbranched alkanes of at least 4 members (excludes halogenated alkanes) is 59. The van der Waals surface area contributed by atoms with Gasteiger partial charge in [-0.05, 0) is 89.9 Å². The molecule has 0 saturated carbocycles. The van der Waals surface area contributed by atoms with Crippen LogP contribution in [-0.2, 0) is 32.7 Å². The second-order valence-electron chi connectivity index (χ2n) is 32.6. The van der Waals surface area contributed by atoms with Crippen molar-refractivity contribution in [1.29, 1.82) is 0 Å². The quantitative estimate of drug-likeness (QED) is 0.0195. The summed E-state index contributed by atoms with van der Waals surface area (Å²) in [6.07, 6.45) is 121. The minimum absolute atomic E-state index is 0.0284. The number of likely N-dealkylation sites (N-methyl/N-ethyl adjacent to an activating group) is 1. The van der Waals surface area contributed by atoms with Gasteiger partial charge in [-0.15, -0.1) is 0 Å². The normalized spacial score (nSPS) is 13.3. The smallest absolute Gasteiger partial charge is 0.306 e. The van der Waals surface area contributed by atoms with Crippen molar-refractivity contribution in [2.45, 2.75) is 469 Å². The fourth-order valence-corrected chi connectivity index (χ4v) is 14.6. The molecule has 0 heterocycles. The average molecular weight is 1510 g/mol. The number of carbonyl (C=O) groups excluding carboxylic acids is 2. The molecule has 2 unspecified atom stereocenters. The van der Waals surface area contributed by atoms with Crippen LogP contribution in [0.5, 0.6) is 0 Å². The molecule has 0 aliphatic rings. The summed E-state index contributed by atoms with van der Waals surface area (Å²) in [7, 11) is 1.19. The maximum Gasteiger partial charge on any atom is 0.306 e. The van der Waals surface area contributed by atoms with E-state index >= 15 is 0 Å². The van der Waals surface area contributed by atoms with Crippen LogP contribution in [0.1, 0.15) is 463 Å². The second-order valence-corrected chi connectivity index (χ2v) is 34.1. The van der Waals surface area contributed by atoms with E-state index in [-0.39, 0.29) is 32.0 Å². The van der Waals surface area contributed by atoms with Crippen LogP contribution in [0.3, 0.4) is 0 Å². The van der Waals surface area contributed by atoms with E-state index in [4.69, 9.17) is 18.5 Å². The van der Waals surface area contributed by atoms with Gasteiger partial charge in [0.2, 0.25) is 0 Å². The largest absolute Gasteiger partial charge is 0.756 e. The van der Waals surface area contributed by atoms with E-state index in [9.17, 15) is 19.0 Å². The molecule has 0 spiro atoms. The van der Waals surface area contributed by atoms with Gasteiger partial charge in [-0.25, -0.2) is 0 Å². The first-order chi connectivity index (χ1) is 52.0. The van der Waals surface area contributed by atoms with Crippen molar-refractivity contribution >= 4 is 19.8 Å². The van der Waals surface area contributed by atoms with Crippen molar-refractivity contribution < 1.29 is 42.1 Å². The van der Waals surface area contributed by atoms with Crippen LogP contribution in [-0.4, -0.2) is 70.0 Å². The Morgan fingerprint density at radius 2 is 0.538 bits per heavy atom. The molecule has 106 heavy (non-hydrogen) atoms. The van der Waals surface area contributed by atoms with Crippen molar-refractivity contribution in [2.24, 2.45) is 0 Å². The van der Waals surface area contributed by atoms with Crippen LogP contribution in [0.4, 0.5) is 0 Å². The summed E-state index contributed by atoms with van der Waals surface area (Å²) in [6.45, 7) is 4.19. The van der Waals surface area contributed by atoms with Gasteiger partial charge in [0.25, 0.3) is 7.82 Å². The minimum atomic E-state index is -4.65. The van der Waals surface area contributed by atoms with Crippen LogP contribution in [0, 0.1) is 0 Å². The molecule has 0 bridgehead atoms. The highest BCUT2D eigenvalue weighted by molar-refractivity contribution is 7.45. The Balaban J connectivity index is 3.83. The maximum absolute atomic E-state index is 12.9. The number of rotatable bonds is 87. The zero-order valence-electron chi connectivity index (χ0n) is 71.1. The number of phosphoric ester groups is 1. The van der Waals surface area contributed by atoms with Crippen molar-refractivity contribution in [1.82, 2.24) is 0 Å². The predicted molar refractivity (Wildman–Crippen MR) is 462 cm³/mol. The zero-order chi connectivity index (χ0) is 76.8. The Morgan fingerprint density at radius 3 is 0.802 bits per heavy atom. The van der Waals surface area contributed by atoms with Crippen molar-refractivity contribution in [3.63, 3.8) is 0 Å². The highest BCUT2D eigenvalue weighted by atomic mass is 31.2. The molecule has 0 aromatic heterocycles. The fraction of sp³-hybridized carbons (Fsp3) is 0.833. The molecule has 0 fully saturated rings. The Labute approximate surface area is 660 Å². The number of quaternary nitrogens is 1. The molecule has 0 radical (unpaired) electrons. The molecule has 0 amide bonds. The van der Waals surface area contributed by atoms with E-state index in [0.717, 1.165) is 70.6 Å². The number of carbonyl (C=O) groups is 2. The Morgan fingerprint density at radius 1 is 0.302 bits per heavy atom. The number of nitrogens with zero attached hydrogens (tertiary/aromatic N) is 1. The maximum atomic E-state index is 12.9. The number of ether oxygens (including phenoxy) is 2. The SMILES string of the molecule is CC/C=C\C/C=C\C/C=C\C/C=C\C/C=C\CCCCCCCCCCCCCCCCCCCCCCCCCCCC(=O)OC(COC(=O)CCCCCCCCCCCCCCCCCCCCCCCCCCCCCCC/C=C\C/C=C\CCCCCCC)COP(=O)([O-])OCC[N+](C)(C)C. The molecule has 0 aliphatic carbocycles. The predicted octanol–water partition coefficient (Wildman–Crippen LogP) is 30.9. The summed E-state index contributed by atoms with van der Waals surface area (Å²) < 4.78 is 34.5. The summed E-state index contributed by atoms with van der Waals surface area (Å²) in [5.74, 6) is -0.807. The third kappa shape index (κ3) is 90.1. The van der Waals surface area contributed by atoms with Crippen molar-refractivity contribution in [3.05, 3.63) is 85.1 Å². The van der Waals surface area contributed by atoms with Gasteiger partial charge >= 0.3 is 11.9 Å². The molecule has 0 aromatic carbocycles. The first kappa shape index (κ1) is 103. The van der Waals surface area contributed by atoms with E-state index in [1.165, 1.54) is 360 Å². The third-order valence-electron chi connectivity index (χ3n) is 20.9. The number of hydrogen-bond acceptors (Lipinski definition) is 8. The van der Waals surface area contributed by atoms with Crippen LogP contribution >= 0.6 is 7.82 Å². The van der Waals surface area contributed by atoms with Crippen molar-refractivity contribution in [3.8, 4) is 0 Å². The molecule has 620 valence electrons. The van der Waals surface area contributed by atoms with Crippen LogP contribution in [0.15, 0.2) is 85.1 Å². The summed E-state index contributed by atoms with van der Waals surface area (Å²) in [6, 6.07) is 0. The molecule has 0 rings (SSSR count). The molecule has 2 atom stereocenters. The van der Waals surface area contributed by atoms with E-state index in [1.54, 1.807) is 0 Å². The summed E-state index contributed by atoms with van der Waals surface area (Å²) >= 11 is 0. The summed E-state index contributed by atoms with van der Waals surface area (Å²) in [5.41, 5.74) is 0. The molecule has 9 nitrogen and oxygen atoms in total. The fourth-order valence-electron chi connectivity index (χ4n) is 13.9. The molecule has 0 aliphatic heterocycles. The Bertz CT molecular complexity index is 2070. The molecule has 0 N–H and O–H groups in total. The standard InChI is InChI=1S/C96H178NO8P/c1-6-8-10-12-14-16-18-20-22-24-26-28-30-32-34-36-38-40-42-44-46-48-50-52-54-56-58-60-62-64-66-68-70-72-74-76-78-80-82-84-86-88-95(98)102-92-94(93-104-106(100,101)103-91-90-97(3,4)5)105-96(99)89-87-85-83-81-79-77-75-73-71-69-67-65-63-61-59-57-55-53-51-49-47-45-43-41-39-37-35-33-31-29-27-25-23-21-19-17-15-13-11-9-7-2/h9,11,15,17-18,20-21,23-24,26-27,29,33,35,94H,6-8,10,12-14,16,19,22,25,28,30-32,34,36-93H2,1-5H3/b11-9-,17-15-,20-18-,23-21-,26-24-,29-27-,35-33-. The lowest BCUT2D eigenvalue weighted by Gasteiger charge is -2.28. The average Bonchev–Trinajstić information content (AvgIpc) is 0.908. The topological polar surface area (TPSA) is 111 Å². The van der Waals surface area contributed by atoms with Gasteiger partial charge in [-0.2, -0.15) is 0 Å². The van der Waals surface area contributed by atoms with Crippen LogP contribution in [0.2, 0.25) is 0 Å². The van der Waals surface area contributed by atoms with Gasteiger partial charge in [-0.1, -0.05) is 446 Å². The lowest BCUT2D eigenvalue weighted by molar-refractivity contribution is -0.870. The van der Waals surface area contributed by atoms with E-state index in [1.807, 2.05) is 21.1 Å².